The number of unbranched alkanes of at least 4 members (excludes halogenated alkanes) is 11. The number of aromatic nitrogens is 2. The number of nitrogens with two attached hydrogens (primary N) is 1. The van der Waals surface area contributed by atoms with Gasteiger partial charge in [0.25, 0.3) is 0 Å². The summed E-state index contributed by atoms with van der Waals surface area (Å²) in [5.41, 5.74) is 4.57. The van der Waals surface area contributed by atoms with E-state index >= 15 is 0 Å². The Morgan fingerprint density at radius 1 is 0.761 bits per heavy atom. The first-order valence-corrected chi connectivity index (χ1v) is 28.0. The Labute approximate surface area is 419 Å². The Bertz CT molecular complexity index is 1990. The van der Waals surface area contributed by atoms with E-state index in [0.717, 1.165) is 87.8 Å². The van der Waals surface area contributed by atoms with Crippen LogP contribution in [0.3, 0.4) is 0 Å². The Morgan fingerprint density at radius 3 is 2.00 bits per heavy atom. The van der Waals surface area contributed by atoms with E-state index in [4.69, 9.17) is 29.0 Å². The van der Waals surface area contributed by atoms with E-state index in [1.54, 1.807) is 12.2 Å². The van der Waals surface area contributed by atoms with Gasteiger partial charge in [0.05, 0.1) is 19.3 Å². The van der Waals surface area contributed by atoms with Crippen molar-refractivity contribution in [2.75, 3.05) is 25.6 Å². The minimum Gasteiger partial charge on any atom is -0.462 e. The van der Waals surface area contributed by atoms with E-state index in [0.29, 0.717) is 6.42 Å². The van der Waals surface area contributed by atoms with Gasteiger partial charge >= 0.3 is 33.3 Å². The summed E-state index contributed by atoms with van der Waals surface area (Å²) < 4.78 is 56.6. The number of aliphatic hydroxyl groups is 3. The zero-order valence-corrected chi connectivity index (χ0v) is 43.4. The minimum absolute atomic E-state index is 0.000897. The van der Waals surface area contributed by atoms with Crippen molar-refractivity contribution in [1.82, 2.24) is 9.55 Å². The Balaban J connectivity index is 1.86. The number of hydrogen-bond donors (Lipinski definition) is 6. The van der Waals surface area contributed by atoms with Gasteiger partial charge in [-0.2, -0.15) is 9.29 Å². The molecular formula is C50H81N3O16P2. The minimum atomic E-state index is -5.47. The third-order valence-corrected chi connectivity index (χ3v) is 13.5. The molecule has 0 spiro atoms. The van der Waals surface area contributed by atoms with Crippen LogP contribution in [0.4, 0.5) is 5.82 Å². The van der Waals surface area contributed by atoms with Crippen molar-refractivity contribution in [3.63, 3.8) is 0 Å². The number of carbonyl (C=O) groups is 2. The quantitative estimate of drug-likeness (QED) is 0.0117. The molecule has 402 valence electrons. The third kappa shape index (κ3) is 30.7. The Morgan fingerprint density at radius 2 is 1.35 bits per heavy atom. The average Bonchev–Trinajstić information content (AvgIpc) is 3.60. The molecule has 1 saturated heterocycles. The van der Waals surface area contributed by atoms with Crippen LogP contribution in [0.2, 0.25) is 0 Å². The van der Waals surface area contributed by atoms with E-state index in [1.165, 1.54) is 31.7 Å². The van der Waals surface area contributed by atoms with Crippen LogP contribution in [-0.4, -0.2) is 96.9 Å². The summed E-state index contributed by atoms with van der Waals surface area (Å²) in [6, 6.07) is 1.24. The predicted octanol–water partition coefficient (Wildman–Crippen LogP) is 9.08. The van der Waals surface area contributed by atoms with Crippen LogP contribution in [0.25, 0.3) is 0 Å². The molecule has 1 aliphatic heterocycles. The van der Waals surface area contributed by atoms with Crippen molar-refractivity contribution >= 4 is 33.4 Å². The van der Waals surface area contributed by atoms with Crippen LogP contribution in [0.5, 0.6) is 0 Å². The fourth-order valence-electron chi connectivity index (χ4n) is 6.98. The first-order chi connectivity index (χ1) is 34.1. The molecule has 7 N–H and O–H groups in total. The number of carbonyl (C=O) groups excluding carboxylic acids is 2. The highest BCUT2D eigenvalue weighted by Gasteiger charge is 2.46. The summed E-state index contributed by atoms with van der Waals surface area (Å²) >= 11 is 0. The van der Waals surface area contributed by atoms with Crippen molar-refractivity contribution in [3.05, 3.63) is 95.7 Å². The highest BCUT2D eigenvalue weighted by Crippen LogP contribution is 2.60. The summed E-state index contributed by atoms with van der Waals surface area (Å²) in [4.78, 5) is 61.9. The first kappa shape index (κ1) is 63.3. The molecule has 0 saturated carbocycles. The molecule has 1 aromatic heterocycles. The molecule has 0 radical (unpaired) electrons. The number of phosphoric acid groups is 2. The number of nitrogens with zero attached hydrogens (tertiary/aromatic N) is 2. The lowest BCUT2D eigenvalue weighted by atomic mass is 10.1. The number of anilines is 1. The summed E-state index contributed by atoms with van der Waals surface area (Å²) in [6.07, 6.45) is 34.4. The Kier molecular flexibility index (Phi) is 33.7. The molecular weight excluding hydrogens is 961 g/mol. The van der Waals surface area contributed by atoms with Gasteiger partial charge in [-0.1, -0.05) is 138 Å². The predicted molar refractivity (Wildman–Crippen MR) is 271 cm³/mol. The highest BCUT2D eigenvalue weighted by molar-refractivity contribution is 7.61. The molecule has 0 aliphatic carbocycles. The lowest BCUT2D eigenvalue weighted by Crippen LogP contribution is -2.36. The van der Waals surface area contributed by atoms with Crippen LogP contribution in [0.15, 0.2) is 90.0 Å². The van der Waals surface area contributed by atoms with Crippen molar-refractivity contribution < 1.29 is 71.4 Å². The number of aliphatic hydroxyl groups excluding tert-OH is 3. The van der Waals surface area contributed by atoms with Crippen molar-refractivity contribution in [2.45, 2.75) is 185 Å². The molecule has 2 rings (SSSR count). The van der Waals surface area contributed by atoms with Gasteiger partial charge in [-0.25, -0.2) is 13.9 Å². The fourth-order valence-corrected chi connectivity index (χ4v) is 9.09. The van der Waals surface area contributed by atoms with Gasteiger partial charge in [0.1, 0.15) is 30.7 Å². The SMILES string of the molecule is CC/C=C\C/C=C\C/C=C\C/C=C\C=C\C(O)CCCC(=O)OC[C@H](COP(=O)(O)OP(=O)(O)OC[C@H]1O[C@@H](n2ccc(N)nc2=O)[C@H](O)[C@@H]1O)OC(=O)CCCCCCCCC/C=C\CCCCCC. The normalized spacial score (nSPS) is 20.2. The molecule has 0 aromatic carbocycles. The smallest absolute Gasteiger partial charge is 0.462 e. The number of allylic oxidation sites excluding steroid dienone is 11. The average molecular weight is 1040 g/mol. The number of ether oxygens (including phenoxy) is 3. The van der Waals surface area contributed by atoms with Crippen LogP contribution in [0, 0.1) is 0 Å². The maximum Gasteiger partial charge on any atom is 0.481 e. The largest absolute Gasteiger partial charge is 0.481 e. The molecule has 1 aromatic rings. The summed E-state index contributed by atoms with van der Waals surface area (Å²) in [6.45, 7) is 1.82. The maximum absolute atomic E-state index is 12.9. The van der Waals surface area contributed by atoms with Gasteiger partial charge in [-0.3, -0.25) is 23.2 Å². The van der Waals surface area contributed by atoms with Crippen molar-refractivity contribution in [2.24, 2.45) is 0 Å². The second-order valence-electron chi connectivity index (χ2n) is 17.1. The lowest BCUT2D eigenvalue weighted by molar-refractivity contribution is -0.161. The molecule has 3 unspecified atom stereocenters. The summed E-state index contributed by atoms with van der Waals surface area (Å²) in [5, 5.41) is 31.2. The van der Waals surface area contributed by atoms with Crippen LogP contribution < -0.4 is 11.4 Å². The van der Waals surface area contributed by atoms with E-state index in [2.05, 4.69) is 71.8 Å². The van der Waals surface area contributed by atoms with E-state index in [9.17, 15) is 48.6 Å². The first-order valence-electron chi connectivity index (χ1n) is 25.1. The van der Waals surface area contributed by atoms with Crippen LogP contribution >= 0.6 is 15.6 Å². The number of hydrogen-bond acceptors (Lipinski definition) is 16. The second kappa shape index (κ2) is 37.8. The highest BCUT2D eigenvalue weighted by atomic mass is 31.3. The van der Waals surface area contributed by atoms with Crippen molar-refractivity contribution in [1.29, 1.82) is 0 Å². The summed E-state index contributed by atoms with van der Waals surface area (Å²) in [5.74, 6) is -1.52. The molecule has 8 atom stereocenters. The van der Waals surface area contributed by atoms with Gasteiger partial charge in [-0.15, -0.1) is 0 Å². The molecule has 2 heterocycles. The molecule has 21 heteroatoms. The van der Waals surface area contributed by atoms with E-state index in [-0.39, 0.29) is 31.5 Å². The van der Waals surface area contributed by atoms with E-state index in [1.807, 2.05) is 12.2 Å². The Hall–Kier alpha value is -3.84. The molecule has 1 fully saturated rings. The maximum atomic E-state index is 12.9. The lowest BCUT2D eigenvalue weighted by Gasteiger charge is -2.21. The summed E-state index contributed by atoms with van der Waals surface area (Å²) in [7, 11) is -10.9. The topological polar surface area (TPSA) is 286 Å². The van der Waals surface area contributed by atoms with Crippen LogP contribution in [0.1, 0.15) is 155 Å². The van der Waals surface area contributed by atoms with Gasteiger partial charge < -0.3 is 45.1 Å². The van der Waals surface area contributed by atoms with Gasteiger partial charge in [0.2, 0.25) is 0 Å². The number of phosphoric ester groups is 2. The molecule has 71 heavy (non-hydrogen) atoms. The number of rotatable bonds is 40. The zero-order valence-electron chi connectivity index (χ0n) is 41.6. The second-order valence-corrected chi connectivity index (χ2v) is 20.2. The third-order valence-electron chi connectivity index (χ3n) is 10.9. The van der Waals surface area contributed by atoms with E-state index < -0.39 is 89.8 Å². The molecule has 0 amide bonds. The number of nitrogen functional groups attached to an aromatic ring is 1. The zero-order chi connectivity index (χ0) is 52.2. The van der Waals surface area contributed by atoms with Gasteiger partial charge in [-0.05, 0) is 76.7 Å². The molecule has 0 bridgehead atoms. The molecule has 1 aliphatic rings. The molecule has 19 nitrogen and oxygen atoms in total. The number of esters is 2. The fraction of sp³-hybridized carbons (Fsp3) is 0.640. The monoisotopic (exact) mass is 1040 g/mol. The standard InChI is InChI=1S/C50H81N3O16P2/c1-3-5-7-9-11-13-15-17-18-20-22-24-26-28-30-34-46(56)67-42(38-64-45(55)35-31-33-41(54)32-29-27-25-23-21-19-16-14-12-10-8-6-4-2)39-65-70(60,61)69-71(62,63)66-40-43-47(57)48(58)49(68-43)53-37-36-44(51)52-50(53)59/h6,8,12-15,19,21,25,27,29,32,36-37,41-43,47-49,54,57-58H,3-5,7,9-11,16-18,20,22-24,26,28,30-31,33-35,38-40H2,1-2H3,(H,60,61)(H,62,63)(H2,51,52,59)/b8-6-,14-12-,15-13-,21-19-,27-25-,32-29+/t41?,42-,43-,47-,48-,49-/m1/s1. The van der Waals surface area contributed by atoms with Gasteiger partial charge in [0, 0.05) is 19.0 Å². The van der Waals surface area contributed by atoms with Crippen molar-refractivity contribution in [3.8, 4) is 0 Å². The van der Waals surface area contributed by atoms with Gasteiger partial charge in [0.15, 0.2) is 12.3 Å². The van der Waals surface area contributed by atoms with Crippen LogP contribution in [-0.2, 0) is 46.3 Å².